The van der Waals surface area contributed by atoms with Crippen LogP contribution in [0.3, 0.4) is 0 Å². The van der Waals surface area contributed by atoms with Crippen molar-refractivity contribution in [2.45, 2.75) is 56.3 Å². The first-order valence-electron chi connectivity index (χ1n) is 11.9. The molecule has 35 heavy (non-hydrogen) atoms. The van der Waals surface area contributed by atoms with Gasteiger partial charge in [-0.15, -0.1) is 0 Å². The third kappa shape index (κ3) is 4.95. The van der Waals surface area contributed by atoms with Crippen LogP contribution in [-0.4, -0.2) is 19.9 Å². The van der Waals surface area contributed by atoms with Crippen LogP contribution in [-0.2, 0) is 20.2 Å². The molecule has 2 atom stereocenters. The van der Waals surface area contributed by atoms with E-state index in [1.807, 2.05) is 91.0 Å². The van der Waals surface area contributed by atoms with Gasteiger partial charge < -0.3 is 4.43 Å². The smallest absolute Gasteiger partial charge is 0.200 e. The van der Waals surface area contributed by atoms with Crippen molar-refractivity contribution in [3.8, 4) is 6.07 Å². The third-order valence-corrected chi connectivity index (χ3v) is 12.1. The molecule has 0 aliphatic heterocycles. The topological polar surface area (TPSA) is 50.1 Å². The number of carbonyl (C=O) groups is 1. The zero-order valence-electron chi connectivity index (χ0n) is 21.3. The first-order valence-corrected chi connectivity index (χ1v) is 15.5. The normalized spacial score (nSPS) is 13.9. The second-order valence-electron chi connectivity index (χ2n) is 10.5. The fraction of sp³-hybridized carbons (Fsp3) is 0.300. The lowest BCUT2D eigenvalue weighted by Gasteiger charge is -2.53. The third-order valence-electron chi connectivity index (χ3n) is 7.27. The second-order valence-corrected chi connectivity index (χ2v) is 15.5. The maximum absolute atomic E-state index is 13.3. The number of nitrogens with zero attached hydrogens (tertiary/aromatic N) is 1. The van der Waals surface area contributed by atoms with Crippen LogP contribution in [0.4, 0.5) is 0 Å². The number of hydrogen-bond donors (Lipinski definition) is 0. The standard InChI is InChI=1S/C30H34NO2PSi/c1-28(2,3)35(4,5)33-30(21-27(32)22-34,26-19-13-8-14-20-26)29(23-31,24-15-9-6-10-16-24)25-17-11-7-12-18-25/h6-20,22,34H,21H2,1-5H3/p+1/t30-/m0/s1. The van der Waals surface area contributed by atoms with E-state index in [9.17, 15) is 10.1 Å². The van der Waals surface area contributed by atoms with E-state index in [2.05, 4.69) is 48.8 Å². The average Bonchev–Trinajstić information content (AvgIpc) is 2.85. The van der Waals surface area contributed by atoms with E-state index in [1.54, 1.807) is 0 Å². The summed E-state index contributed by atoms with van der Waals surface area (Å²) in [5.41, 5.74) is -0.130. The summed E-state index contributed by atoms with van der Waals surface area (Å²) >= 11 is 0. The van der Waals surface area contributed by atoms with E-state index in [-0.39, 0.29) is 17.2 Å². The molecule has 1 unspecified atom stereocenters. The first kappa shape index (κ1) is 26.8. The van der Waals surface area contributed by atoms with Crippen molar-refractivity contribution >= 4 is 28.8 Å². The number of hydrogen-bond acceptors (Lipinski definition) is 3. The maximum atomic E-state index is 13.3. The molecule has 0 aromatic heterocycles. The fourth-order valence-electron chi connectivity index (χ4n) is 4.45. The summed E-state index contributed by atoms with van der Waals surface area (Å²) in [6.45, 7) is 10.9. The molecule has 0 saturated carbocycles. The van der Waals surface area contributed by atoms with Crippen LogP contribution in [0.25, 0.3) is 0 Å². The Morgan fingerprint density at radius 3 is 1.60 bits per heavy atom. The molecule has 3 nitrogen and oxygen atoms in total. The van der Waals surface area contributed by atoms with Gasteiger partial charge in [-0.2, -0.15) is 5.26 Å². The molecule has 3 aromatic rings. The lowest BCUT2D eigenvalue weighted by Crippen LogP contribution is -2.59. The van der Waals surface area contributed by atoms with Gasteiger partial charge in [-0.3, -0.25) is 4.79 Å². The number of rotatable bonds is 9. The van der Waals surface area contributed by atoms with Crippen molar-refractivity contribution in [2.75, 3.05) is 0 Å². The van der Waals surface area contributed by atoms with Crippen molar-refractivity contribution in [3.63, 3.8) is 0 Å². The van der Waals surface area contributed by atoms with Crippen molar-refractivity contribution in [1.29, 1.82) is 5.26 Å². The van der Waals surface area contributed by atoms with Crippen LogP contribution in [0.1, 0.15) is 43.9 Å². The van der Waals surface area contributed by atoms with Crippen molar-refractivity contribution in [1.82, 2.24) is 0 Å². The molecule has 0 N–H and O–H groups in total. The van der Waals surface area contributed by atoms with Crippen molar-refractivity contribution in [2.24, 2.45) is 0 Å². The highest BCUT2D eigenvalue weighted by Crippen LogP contribution is 2.55. The quantitative estimate of drug-likeness (QED) is 0.234. The van der Waals surface area contributed by atoms with Crippen LogP contribution in [0, 0.1) is 11.3 Å². The Morgan fingerprint density at radius 2 is 1.26 bits per heavy atom. The summed E-state index contributed by atoms with van der Waals surface area (Å²) in [6, 6.07) is 32.1. The van der Waals surface area contributed by atoms with E-state index in [1.165, 1.54) is 5.80 Å². The number of ketones is 1. The molecule has 0 heterocycles. The number of carbonyl (C=O) groups excluding carboxylic acids is 1. The Hall–Kier alpha value is -2.83. The highest BCUT2D eigenvalue weighted by Gasteiger charge is 2.60. The van der Waals surface area contributed by atoms with Gasteiger partial charge in [0, 0.05) is 6.42 Å². The zero-order chi connectivity index (χ0) is 25.7. The molecule has 5 heteroatoms. The Balaban J connectivity index is 2.56. The summed E-state index contributed by atoms with van der Waals surface area (Å²) in [7, 11) is -0.0961. The van der Waals surface area contributed by atoms with Gasteiger partial charge in [0.1, 0.15) is 16.8 Å². The molecule has 0 bridgehead atoms. The van der Waals surface area contributed by atoms with Gasteiger partial charge in [0.25, 0.3) is 0 Å². The minimum absolute atomic E-state index is 0.0321. The predicted octanol–water partition coefficient (Wildman–Crippen LogP) is 7.05. The predicted molar refractivity (Wildman–Crippen MR) is 151 cm³/mol. The van der Waals surface area contributed by atoms with E-state index < -0.39 is 19.3 Å². The maximum Gasteiger partial charge on any atom is 0.200 e. The van der Waals surface area contributed by atoms with Gasteiger partial charge >= 0.3 is 0 Å². The minimum Gasteiger partial charge on any atom is -0.404 e. The van der Waals surface area contributed by atoms with Crippen LogP contribution < -0.4 is 0 Å². The largest absolute Gasteiger partial charge is 0.404 e. The summed E-state index contributed by atoms with van der Waals surface area (Å²) in [5.74, 6) is 1.41. The molecule has 0 aliphatic rings. The van der Waals surface area contributed by atoms with E-state index in [0.29, 0.717) is 0 Å². The summed E-state index contributed by atoms with van der Waals surface area (Å²) < 4.78 is 7.38. The van der Waals surface area contributed by atoms with Crippen LogP contribution >= 0.6 is 8.86 Å². The molecule has 0 amide bonds. The number of nitriles is 1. The monoisotopic (exact) mass is 500 g/mol. The summed E-state index contributed by atoms with van der Waals surface area (Å²) in [6.07, 6.45) is 0.0321. The molecule has 0 fully saturated rings. The summed E-state index contributed by atoms with van der Waals surface area (Å²) in [5, 5.41) is 11.1. The van der Waals surface area contributed by atoms with Crippen LogP contribution in [0.2, 0.25) is 18.1 Å². The number of Topliss-reactive ketones (excluding diaryl/α,β-unsaturated/α-hetero) is 1. The zero-order valence-corrected chi connectivity index (χ0v) is 23.4. The van der Waals surface area contributed by atoms with E-state index in [0.717, 1.165) is 16.7 Å². The molecular weight excluding hydrogens is 465 g/mol. The van der Waals surface area contributed by atoms with Gasteiger partial charge in [0.2, 0.25) is 0 Å². The Kier molecular flexibility index (Phi) is 7.97. The molecule has 180 valence electrons. The Morgan fingerprint density at radius 1 is 0.857 bits per heavy atom. The van der Waals surface area contributed by atoms with Gasteiger partial charge in [-0.05, 0) is 34.8 Å². The SMILES string of the molecule is CC(C)(C)[Si](C)(C)O[C@@](CC(=O)C=[PH2+])(c1ccccc1)C(C#N)(c1ccccc1)c1ccccc1. The molecular formula is C30H35NO2PSi+. The van der Waals surface area contributed by atoms with Crippen LogP contribution in [0.5, 0.6) is 0 Å². The molecule has 3 aromatic carbocycles. The van der Waals surface area contributed by atoms with Gasteiger partial charge in [0.15, 0.2) is 14.1 Å². The van der Waals surface area contributed by atoms with Crippen molar-refractivity contribution < 1.29 is 9.22 Å². The van der Waals surface area contributed by atoms with Gasteiger partial charge in [-0.25, -0.2) is 0 Å². The highest BCUT2D eigenvalue weighted by molar-refractivity contribution is 7.22. The van der Waals surface area contributed by atoms with Crippen molar-refractivity contribution in [3.05, 3.63) is 108 Å². The van der Waals surface area contributed by atoms with E-state index >= 15 is 0 Å². The minimum atomic E-state index is -2.52. The molecule has 0 saturated heterocycles. The lowest BCUT2D eigenvalue weighted by molar-refractivity contribution is -0.118. The highest BCUT2D eigenvalue weighted by atomic mass is 31.0. The first-order chi connectivity index (χ1) is 16.5. The fourth-order valence-corrected chi connectivity index (χ4v) is 6.09. The number of benzene rings is 3. The molecule has 3 rings (SSSR count). The lowest BCUT2D eigenvalue weighted by atomic mass is 9.60. The molecule has 0 radical (unpaired) electrons. The summed E-state index contributed by atoms with van der Waals surface area (Å²) in [4.78, 5) is 13.3. The Labute approximate surface area is 213 Å². The molecule has 0 spiro atoms. The van der Waals surface area contributed by atoms with Gasteiger partial charge in [-0.1, -0.05) is 112 Å². The second kappa shape index (κ2) is 10.4. The average molecular weight is 501 g/mol. The van der Waals surface area contributed by atoms with Gasteiger partial charge in [0.05, 0.1) is 14.9 Å². The van der Waals surface area contributed by atoms with E-state index in [4.69, 9.17) is 4.43 Å². The Bertz CT molecular complexity index is 1160. The molecule has 0 aliphatic carbocycles. The van der Waals surface area contributed by atoms with Crippen LogP contribution in [0.15, 0.2) is 91.0 Å².